The number of nitrogens with one attached hydrogen (secondary N) is 1. The quantitative estimate of drug-likeness (QED) is 0.581. The SMILES string of the molecule is O=Nc1ccc(Oc2ccnc3c2C(Br)(Br)C(=O)N3)c(F)c1. The van der Waals surface area contributed by atoms with E-state index in [2.05, 4.69) is 47.3 Å². The van der Waals surface area contributed by atoms with Crippen molar-refractivity contribution < 1.29 is 13.9 Å². The minimum atomic E-state index is -1.21. The second-order valence-corrected chi connectivity index (χ2v) is 7.81. The highest BCUT2D eigenvalue weighted by Gasteiger charge is 2.46. The first-order valence-electron chi connectivity index (χ1n) is 5.93. The number of rotatable bonds is 3. The molecule has 1 amide bonds. The Morgan fingerprint density at radius 1 is 1.27 bits per heavy atom. The summed E-state index contributed by atoms with van der Waals surface area (Å²) in [6.07, 6.45) is 1.43. The topological polar surface area (TPSA) is 80.7 Å². The largest absolute Gasteiger partial charge is 0.454 e. The average molecular weight is 431 g/mol. The lowest BCUT2D eigenvalue weighted by atomic mass is 10.2. The lowest BCUT2D eigenvalue weighted by Crippen LogP contribution is -2.20. The lowest BCUT2D eigenvalue weighted by Gasteiger charge is -2.15. The van der Waals surface area contributed by atoms with Crippen molar-refractivity contribution >= 4 is 49.3 Å². The predicted octanol–water partition coefficient (Wildman–Crippen LogP) is 4.31. The molecule has 0 atom stereocenters. The smallest absolute Gasteiger partial charge is 0.258 e. The van der Waals surface area contributed by atoms with Gasteiger partial charge >= 0.3 is 0 Å². The van der Waals surface area contributed by atoms with Crippen LogP contribution in [0.25, 0.3) is 0 Å². The van der Waals surface area contributed by atoms with Crippen molar-refractivity contribution in [1.29, 1.82) is 0 Å². The minimum absolute atomic E-state index is 0.0445. The maximum atomic E-state index is 13.9. The first-order valence-corrected chi connectivity index (χ1v) is 7.51. The van der Waals surface area contributed by atoms with Crippen LogP contribution in [0.15, 0.2) is 35.6 Å². The van der Waals surface area contributed by atoms with Gasteiger partial charge in [0, 0.05) is 12.3 Å². The summed E-state index contributed by atoms with van der Waals surface area (Å²) in [6, 6.07) is 5.07. The number of nitrogens with zero attached hydrogens (tertiary/aromatic N) is 2. The van der Waals surface area contributed by atoms with Crippen LogP contribution in [-0.2, 0) is 8.03 Å². The number of nitroso groups, excluding NO2 is 1. The zero-order valence-corrected chi connectivity index (χ0v) is 13.8. The van der Waals surface area contributed by atoms with Crippen molar-refractivity contribution in [2.45, 2.75) is 3.23 Å². The number of pyridine rings is 1. The predicted molar refractivity (Wildman–Crippen MR) is 84.3 cm³/mol. The zero-order valence-electron chi connectivity index (χ0n) is 10.6. The van der Waals surface area contributed by atoms with Gasteiger partial charge in [-0.15, -0.1) is 4.91 Å². The molecule has 22 heavy (non-hydrogen) atoms. The van der Waals surface area contributed by atoms with Crippen molar-refractivity contribution in [2.75, 3.05) is 5.32 Å². The molecule has 0 unspecified atom stereocenters. The molecule has 0 saturated heterocycles. The van der Waals surface area contributed by atoms with Crippen LogP contribution < -0.4 is 10.1 Å². The molecule has 1 aromatic carbocycles. The molecule has 112 valence electrons. The average Bonchev–Trinajstić information content (AvgIpc) is 2.72. The van der Waals surface area contributed by atoms with Crippen molar-refractivity contribution in [2.24, 2.45) is 5.18 Å². The van der Waals surface area contributed by atoms with Gasteiger partial charge in [0.1, 0.15) is 17.3 Å². The van der Waals surface area contributed by atoms with Crippen LogP contribution in [0.5, 0.6) is 11.5 Å². The van der Waals surface area contributed by atoms with Gasteiger partial charge in [-0.3, -0.25) is 4.79 Å². The first kappa shape index (κ1) is 15.0. The summed E-state index contributed by atoms with van der Waals surface area (Å²) in [5, 5.41) is 5.22. The lowest BCUT2D eigenvalue weighted by molar-refractivity contribution is -0.115. The van der Waals surface area contributed by atoms with Crippen LogP contribution in [0.3, 0.4) is 0 Å². The van der Waals surface area contributed by atoms with E-state index in [-0.39, 0.29) is 23.1 Å². The fourth-order valence-corrected chi connectivity index (χ4v) is 2.94. The van der Waals surface area contributed by atoms with Crippen LogP contribution in [0.4, 0.5) is 15.9 Å². The Balaban J connectivity index is 2.04. The van der Waals surface area contributed by atoms with Crippen LogP contribution in [0.1, 0.15) is 5.56 Å². The highest BCUT2D eigenvalue weighted by molar-refractivity contribution is 9.25. The van der Waals surface area contributed by atoms with Crippen molar-refractivity contribution in [3.8, 4) is 11.5 Å². The van der Waals surface area contributed by atoms with Crippen LogP contribution in [-0.4, -0.2) is 10.9 Å². The molecule has 1 N–H and O–H groups in total. The van der Waals surface area contributed by atoms with Crippen LogP contribution in [0.2, 0.25) is 0 Å². The molecule has 0 bridgehead atoms. The second-order valence-electron chi connectivity index (χ2n) is 4.37. The van der Waals surface area contributed by atoms with Gasteiger partial charge in [0.15, 0.2) is 14.8 Å². The third kappa shape index (κ3) is 2.40. The van der Waals surface area contributed by atoms with Gasteiger partial charge in [0.2, 0.25) is 0 Å². The van der Waals surface area contributed by atoms with E-state index >= 15 is 0 Å². The molecule has 9 heteroatoms. The standard InChI is InChI=1S/C13H6Br2FN3O3/c14-13(15)10-9(3-4-17-11(10)18-12(13)20)22-8-2-1-6(19-21)5-7(8)16/h1-5H,(H,17,18,20). The maximum Gasteiger partial charge on any atom is 0.258 e. The Morgan fingerprint density at radius 3 is 2.73 bits per heavy atom. The summed E-state index contributed by atoms with van der Waals surface area (Å²) < 4.78 is 18.2. The van der Waals surface area contributed by atoms with Gasteiger partial charge in [-0.1, -0.05) is 31.9 Å². The van der Waals surface area contributed by atoms with E-state index in [9.17, 15) is 14.1 Å². The number of hydrogen-bond acceptors (Lipinski definition) is 5. The molecule has 6 nitrogen and oxygen atoms in total. The summed E-state index contributed by atoms with van der Waals surface area (Å²) in [5.74, 6) is -0.664. The van der Waals surface area contributed by atoms with E-state index < -0.39 is 9.05 Å². The van der Waals surface area contributed by atoms with E-state index in [4.69, 9.17) is 4.74 Å². The number of carbonyl (C=O) groups is 1. The number of anilines is 1. The number of benzene rings is 1. The number of halogens is 3. The van der Waals surface area contributed by atoms with Crippen molar-refractivity contribution in [3.63, 3.8) is 0 Å². The maximum absolute atomic E-state index is 13.9. The fourth-order valence-electron chi connectivity index (χ4n) is 1.97. The summed E-state index contributed by atoms with van der Waals surface area (Å²) in [5.41, 5.74) is 0.356. The van der Waals surface area contributed by atoms with Gasteiger partial charge in [0.05, 0.1) is 5.56 Å². The van der Waals surface area contributed by atoms with E-state index in [1.54, 1.807) is 0 Å². The monoisotopic (exact) mass is 429 g/mol. The number of carbonyl (C=O) groups excluding carboxylic acids is 1. The number of ether oxygens (including phenoxy) is 1. The molecular weight excluding hydrogens is 425 g/mol. The fraction of sp³-hybridized carbons (Fsp3) is 0.0769. The number of alkyl halides is 2. The highest BCUT2D eigenvalue weighted by atomic mass is 79.9. The summed E-state index contributed by atoms with van der Waals surface area (Å²) in [7, 11) is 0. The highest BCUT2D eigenvalue weighted by Crippen LogP contribution is 2.51. The Morgan fingerprint density at radius 2 is 2.05 bits per heavy atom. The molecule has 1 aromatic heterocycles. The first-order chi connectivity index (χ1) is 10.4. The molecule has 0 saturated carbocycles. The van der Waals surface area contributed by atoms with Crippen LogP contribution >= 0.6 is 31.9 Å². The van der Waals surface area contributed by atoms with Gasteiger partial charge < -0.3 is 10.1 Å². The van der Waals surface area contributed by atoms with E-state index in [1.807, 2.05) is 0 Å². The van der Waals surface area contributed by atoms with Crippen molar-refractivity contribution in [1.82, 2.24) is 4.98 Å². The van der Waals surface area contributed by atoms with Gasteiger partial charge in [0.25, 0.3) is 5.91 Å². The number of hydrogen-bond donors (Lipinski definition) is 1. The van der Waals surface area contributed by atoms with E-state index in [0.717, 1.165) is 6.07 Å². The molecule has 0 radical (unpaired) electrons. The summed E-state index contributed by atoms with van der Waals surface area (Å²) >= 11 is 6.49. The molecule has 0 spiro atoms. The number of fused-ring (bicyclic) bond motifs is 1. The Hall–Kier alpha value is -1.87. The minimum Gasteiger partial charge on any atom is -0.454 e. The Labute approximate surface area is 140 Å². The molecule has 3 rings (SSSR count). The Kier molecular flexibility index (Phi) is 3.69. The molecule has 0 fully saturated rings. The second kappa shape index (κ2) is 5.40. The van der Waals surface area contributed by atoms with Gasteiger partial charge in [-0.25, -0.2) is 9.37 Å². The zero-order chi connectivity index (χ0) is 15.9. The molecule has 1 aliphatic heterocycles. The Bertz CT molecular complexity index is 798. The molecule has 1 aliphatic rings. The normalized spacial score (nSPS) is 15.1. The van der Waals surface area contributed by atoms with Gasteiger partial charge in [-0.05, 0) is 23.4 Å². The van der Waals surface area contributed by atoms with Gasteiger partial charge in [-0.2, -0.15) is 0 Å². The summed E-state index contributed by atoms with van der Waals surface area (Å²) in [4.78, 5) is 26.3. The molecular formula is C13H6Br2FN3O3. The number of amides is 1. The number of aromatic nitrogens is 1. The van der Waals surface area contributed by atoms with Crippen LogP contribution in [0, 0.1) is 10.7 Å². The van der Waals surface area contributed by atoms with E-state index in [0.29, 0.717) is 11.4 Å². The third-order valence-corrected chi connectivity index (χ3v) is 4.50. The molecule has 2 aromatic rings. The molecule has 2 heterocycles. The van der Waals surface area contributed by atoms with E-state index in [1.165, 1.54) is 24.4 Å². The third-order valence-electron chi connectivity index (χ3n) is 2.98. The van der Waals surface area contributed by atoms with Crippen molar-refractivity contribution in [3.05, 3.63) is 46.8 Å². The summed E-state index contributed by atoms with van der Waals surface area (Å²) in [6.45, 7) is 0. The molecule has 0 aliphatic carbocycles.